The summed E-state index contributed by atoms with van der Waals surface area (Å²) >= 11 is 0. The largest absolute Gasteiger partial charge is 0.485 e. The van der Waals surface area contributed by atoms with Gasteiger partial charge in [0.25, 0.3) is 0 Å². The molecule has 0 saturated carbocycles. The van der Waals surface area contributed by atoms with Crippen LogP contribution in [0.1, 0.15) is 19.4 Å². The fraction of sp³-hybridized carbons (Fsp3) is 0.114. The number of ketones is 1. The maximum atomic E-state index is 12.3. The fourth-order valence-electron chi connectivity index (χ4n) is 3.76. The molecule has 0 aliphatic rings. The van der Waals surface area contributed by atoms with E-state index in [1.54, 1.807) is 44.2 Å². The maximum Gasteiger partial charge on any atom is 0.336 e. The van der Waals surface area contributed by atoms with Gasteiger partial charge in [0.15, 0.2) is 12.4 Å². The Labute approximate surface area is 244 Å². The predicted octanol–water partition coefficient (Wildman–Crippen LogP) is 7.11. The molecule has 0 radical (unpaired) electrons. The maximum absolute atomic E-state index is 12.3. The van der Waals surface area contributed by atoms with Crippen molar-refractivity contribution in [3.05, 3.63) is 121 Å². The van der Waals surface area contributed by atoms with Crippen LogP contribution in [-0.4, -0.2) is 31.1 Å². The van der Waals surface area contributed by atoms with E-state index in [0.717, 1.165) is 27.5 Å². The molecular weight excluding hydrogens is 532 g/mol. The average molecular weight is 563 g/mol. The minimum Gasteiger partial charge on any atom is -0.485 e. The minimum absolute atomic E-state index is 0.0283. The Morgan fingerprint density at radius 3 is 1.98 bits per heavy atom. The molecule has 7 nitrogen and oxygen atoms in total. The van der Waals surface area contributed by atoms with Gasteiger partial charge in [-0.3, -0.25) is 4.79 Å². The molecule has 0 amide bonds. The van der Waals surface area contributed by atoms with Crippen molar-refractivity contribution in [2.24, 2.45) is 0 Å². The Hall–Kier alpha value is -5.43. The number of Topliss-reactive ketones (excluding diaryl/α,β-unsaturated/α-hetero) is 1. The third-order valence-electron chi connectivity index (χ3n) is 6.12. The zero-order chi connectivity index (χ0) is 30.1. The molecule has 212 valence electrons. The Morgan fingerprint density at radius 2 is 1.29 bits per heavy atom. The van der Waals surface area contributed by atoms with Gasteiger partial charge >= 0.3 is 11.9 Å². The van der Waals surface area contributed by atoms with E-state index in [9.17, 15) is 14.4 Å². The molecule has 0 aliphatic carbocycles. The number of hydrogen-bond acceptors (Lipinski definition) is 7. The van der Waals surface area contributed by atoms with Crippen molar-refractivity contribution in [1.29, 1.82) is 0 Å². The van der Waals surface area contributed by atoms with Gasteiger partial charge in [-0.25, -0.2) is 9.59 Å². The molecule has 0 spiro atoms. The summed E-state index contributed by atoms with van der Waals surface area (Å²) in [7, 11) is 0. The lowest BCUT2D eigenvalue weighted by Crippen LogP contribution is -2.11. The summed E-state index contributed by atoms with van der Waals surface area (Å²) in [5.41, 5.74) is 3.67. The molecular formula is C35H30O7. The van der Waals surface area contributed by atoms with Gasteiger partial charge in [0, 0.05) is 11.6 Å². The summed E-state index contributed by atoms with van der Waals surface area (Å²) in [5.74, 6) is 0.240. The van der Waals surface area contributed by atoms with Crippen LogP contribution in [-0.2, 0) is 19.1 Å². The molecule has 0 aliphatic heterocycles. The van der Waals surface area contributed by atoms with Gasteiger partial charge in [0.05, 0.1) is 0 Å². The van der Waals surface area contributed by atoms with Crippen LogP contribution in [0, 0.1) is 0 Å². The van der Waals surface area contributed by atoms with Gasteiger partial charge in [0.1, 0.15) is 17.2 Å². The molecule has 0 atom stereocenters. The molecule has 4 aromatic rings. The van der Waals surface area contributed by atoms with Gasteiger partial charge in [-0.15, -0.1) is 0 Å². The highest BCUT2D eigenvalue weighted by atomic mass is 16.7. The Bertz CT molecular complexity index is 1660. The second kappa shape index (κ2) is 13.8. The number of carbonyl (C=O) groups excluding carboxylic acids is 3. The van der Waals surface area contributed by atoms with E-state index >= 15 is 0 Å². The zero-order valence-corrected chi connectivity index (χ0v) is 23.4. The number of carbonyl (C=O) groups is 3. The Balaban J connectivity index is 1.32. The highest BCUT2D eigenvalue weighted by molar-refractivity contribution is 5.95. The molecule has 4 rings (SSSR count). The van der Waals surface area contributed by atoms with Crippen LogP contribution in [0.25, 0.3) is 28.0 Å². The third kappa shape index (κ3) is 8.29. The number of ether oxygens (including phenoxy) is 4. The second-order valence-corrected chi connectivity index (χ2v) is 9.54. The summed E-state index contributed by atoms with van der Waals surface area (Å²) in [6.45, 7) is 10.1. The summed E-state index contributed by atoms with van der Waals surface area (Å²) in [5, 5.41) is 2.08. The van der Waals surface area contributed by atoms with Crippen molar-refractivity contribution in [2.45, 2.75) is 13.8 Å². The molecule has 0 unspecified atom stereocenters. The van der Waals surface area contributed by atoms with E-state index < -0.39 is 11.9 Å². The first-order valence-corrected chi connectivity index (χ1v) is 13.1. The lowest BCUT2D eigenvalue weighted by atomic mass is 10.00. The average Bonchev–Trinajstić information content (AvgIpc) is 2.99. The van der Waals surface area contributed by atoms with E-state index in [0.29, 0.717) is 22.8 Å². The Kier molecular flexibility index (Phi) is 9.69. The van der Waals surface area contributed by atoms with E-state index in [1.165, 1.54) is 6.08 Å². The van der Waals surface area contributed by atoms with Crippen LogP contribution in [0.4, 0.5) is 0 Å². The molecule has 4 aromatic carbocycles. The van der Waals surface area contributed by atoms with Gasteiger partial charge in [-0.2, -0.15) is 0 Å². The summed E-state index contributed by atoms with van der Waals surface area (Å²) in [6, 6.07) is 26.0. The highest BCUT2D eigenvalue weighted by Gasteiger charge is 2.07. The summed E-state index contributed by atoms with van der Waals surface area (Å²) < 4.78 is 21.1. The van der Waals surface area contributed by atoms with Crippen LogP contribution in [0.3, 0.4) is 0 Å². The van der Waals surface area contributed by atoms with Crippen molar-refractivity contribution >= 4 is 34.6 Å². The molecule has 0 heterocycles. The van der Waals surface area contributed by atoms with E-state index in [2.05, 4.69) is 19.2 Å². The first kappa shape index (κ1) is 29.6. The Morgan fingerprint density at radius 1 is 0.690 bits per heavy atom. The fourth-order valence-corrected chi connectivity index (χ4v) is 3.76. The van der Waals surface area contributed by atoms with Crippen molar-refractivity contribution in [3.8, 4) is 28.4 Å². The van der Waals surface area contributed by atoms with Crippen molar-refractivity contribution in [1.82, 2.24) is 0 Å². The van der Waals surface area contributed by atoms with E-state index in [1.807, 2.05) is 54.6 Å². The van der Waals surface area contributed by atoms with E-state index in [4.69, 9.17) is 18.9 Å². The normalized spacial score (nSPS) is 10.7. The van der Waals surface area contributed by atoms with Gasteiger partial charge in [0.2, 0.25) is 6.79 Å². The topological polar surface area (TPSA) is 88.1 Å². The molecule has 0 N–H and O–H groups in total. The first-order chi connectivity index (χ1) is 20.2. The zero-order valence-electron chi connectivity index (χ0n) is 23.4. The van der Waals surface area contributed by atoms with Crippen LogP contribution in [0.15, 0.2) is 115 Å². The standard InChI is InChI=1S/C35H30O7/c1-23(2)33(36)21-39-30-12-10-26(11-13-30)28-9-8-27-19-25(5-7-29(27)20-28)6-18-34(37)42-32-16-14-31(15-17-32)40-22-41-35(38)24(3)4/h5-20H,1,3,21-22H2,2,4H3/b18-6+. The lowest BCUT2D eigenvalue weighted by Gasteiger charge is -2.08. The van der Waals surface area contributed by atoms with Crippen LogP contribution >= 0.6 is 0 Å². The third-order valence-corrected chi connectivity index (χ3v) is 6.12. The predicted molar refractivity (Wildman–Crippen MR) is 162 cm³/mol. The van der Waals surface area contributed by atoms with Crippen LogP contribution < -0.4 is 14.2 Å². The molecule has 0 saturated heterocycles. The quantitative estimate of drug-likeness (QED) is 0.0787. The summed E-state index contributed by atoms with van der Waals surface area (Å²) in [4.78, 5) is 35.4. The number of esters is 2. The molecule has 0 fully saturated rings. The van der Waals surface area contributed by atoms with Gasteiger partial charge in [-0.05, 0) is 101 Å². The monoisotopic (exact) mass is 562 g/mol. The van der Waals surface area contributed by atoms with Crippen molar-refractivity contribution < 1.29 is 33.3 Å². The van der Waals surface area contributed by atoms with Crippen molar-refractivity contribution in [2.75, 3.05) is 13.4 Å². The highest BCUT2D eigenvalue weighted by Crippen LogP contribution is 2.27. The van der Waals surface area contributed by atoms with Gasteiger partial charge in [-0.1, -0.05) is 49.6 Å². The molecule has 0 aromatic heterocycles. The molecule has 42 heavy (non-hydrogen) atoms. The molecule has 0 bridgehead atoms. The number of rotatable bonds is 12. The first-order valence-electron chi connectivity index (χ1n) is 13.1. The number of fused-ring (bicyclic) bond motifs is 1. The number of benzene rings is 4. The van der Waals surface area contributed by atoms with Gasteiger partial charge < -0.3 is 18.9 Å². The SMILES string of the molecule is C=C(C)C(=O)COc1ccc(-c2ccc3cc(/C=C/C(=O)Oc4ccc(OCOC(=O)C(=C)C)cc4)ccc3c2)cc1. The van der Waals surface area contributed by atoms with Crippen molar-refractivity contribution in [3.63, 3.8) is 0 Å². The number of hydrogen-bond donors (Lipinski definition) is 0. The van der Waals surface area contributed by atoms with E-state index in [-0.39, 0.29) is 24.8 Å². The molecule has 7 heteroatoms. The minimum atomic E-state index is -0.535. The lowest BCUT2D eigenvalue weighted by molar-refractivity contribution is -0.145. The summed E-state index contributed by atoms with van der Waals surface area (Å²) in [6.07, 6.45) is 3.06. The smallest absolute Gasteiger partial charge is 0.336 e. The van der Waals surface area contributed by atoms with Crippen LogP contribution in [0.2, 0.25) is 0 Å². The van der Waals surface area contributed by atoms with Crippen LogP contribution in [0.5, 0.6) is 17.2 Å². The second-order valence-electron chi connectivity index (χ2n) is 9.54.